The SMILES string of the molecule is CCN1CC(C)(C)N(C)C(CO)C1=O. The Hall–Kier alpha value is -0.610. The first kappa shape index (κ1) is 11.5. The first-order valence-corrected chi connectivity index (χ1v) is 5.06. The van der Waals surface area contributed by atoms with Crippen molar-refractivity contribution in [1.29, 1.82) is 0 Å². The Morgan fingerprint density at radius 1 is 1.57 bits per heavy atom. The van der Waals surface area contributed by atoms with E-state index in [-0.39, 0.29) is 24.1 Å². The topological polar surface area (TPSA) is 43.8 Å². The number of piperazine rings is 1. The van der Waals surface area contributed by atoms with E-state index in [0.717, 1.165) is 6.54 Å². The van der Waals surface area contributed by atoms with E-state index in [0.29, 0.717) is 6.54 Å². The molecule has 14 heavy (non-hydrogen) atoms. The summed E-state index contributed by atoms with van der Waals surface area (Å²) in [5, 5.41) is 9.19. The number of aliphatic hydroxyl groups is 1. The van der Waals surface area contributed by atoms with Crippen molar-refractivity contribution in [3.63, 3.8) is 0 Å². The molecular weight excluding hydrogens is 180 g/mol. The summed E-state index contributed by atoms with van der Waals surface area (Å²) in [4.78, 5) is 15.6. The van der Waals surface area contributed by atoms with Gasteiger partial charge in [-0.1, -0.05) is 0 Å². The quantitative estimate of drug-likeness (QED) is 0.678. The van der Waals surface area contributed by atoms with Crippen LogP contribution < -0.4 is 0 Å². The van der Waals surface area contributed by atoms with E-state index in [4.69, 9.17) is 0 Å². The molecule has 1 rings (SSSR count). The third-order valence-electron chi connectivity index (χ3n) is 3.15. The summed E-state index contributed by atoms with van der Waals surface area (Å²) in [5.41, 5.74) is -0.0582. The highest BCUT2D eigenvalue weighted by molar-refractivity contribution is 5.83. The van der Waals surface area contributed by atoms with Crippen molar-refractivity contribution >= 4 is 5.91 Å². The van der Waals surface area contributed by atoms with E-state index >= 15 is 0 Å². The van der Waals surface area contributed by atoms with E-state index in [9.17, 15) is 9.90 Å². The molecule has 0 radical (unpaired) electrons. The van der Waals surface area contributed by atoms with Gasteiger partial charge in [-0.2, -0.15) is 0 Å². The highest BCUT2D eigenvalue weighted by Gasteiger charge is 2.41. The largest absolute Gasteiger partial charge is 0.394 e. The third-order valence-corrected chi connectivity index (χ3v) is 3.15. The molecule has 82 valence electrons. The smallest absolute Gasteiger partial charge is 0.242 e. The van der Waals surface area contributed by atoms with Crippen molar-refractivity contribution in [3.8, 4) is 0 Å². The predicted octanol–water partition coefficient (Wildman–Crippen LogP) is -0.0802. The fraction of sp³-hybridized carbons (Fsp3) is 0.900. The van der Waals surface area contributed by atoms with Gasteiger partial charge in [0.1, 0.15) is 6.04 Å². The van der Waals surface area contributed by atoms with Crippen LogP contribution in [0.1, 0.15) is 20.8 Å². The normalized spacial score (nSPS) is 28.2. The lowest BCUT2D eigenvalue weighted by Crippen LogP contribution is -2.66. The van der Waals surface area contributed by atoms with Gasteiger partial charge in [0.25, 0.3) is 0 Å². The van der Waals surface area contributed by atoms with Crippen LogP contribution in [0.15, 0.2) is 0 Å². The van der Waals surface area contributed by atoms with E-state index in [1.54, 1.807) is 4.90 Å². The minimum Gasteiger partial charge on any atom is -0.394 e. The number of likely N-dealkylation sites (N-methyl/N-ethyl adjacent to an activating group) is 2. The Morgan fingerprint density at radius 2 is 2.14 bits per heavy atom. The van der Waals surface area contributed by atoms with E-state index in [1.165, 1.54) is 0 Å². The van der Waals surface area contributed by atoms with Crippen LogP contribution in [0.25, 0.3) is 0 Å². The van der Waals surface area contributed by atoms with Gasteiger partial charge in [-0.25, -0.2) is 0 Å². The van der Waals surface area contributed by atoms with Gasteiger partial charge in [0, 0.05) is 18.6 Å². The molecule has 0 aromatic heterocycles. The molecule has 0 spiro atoms. The second kappa shape index (κ2) is 3.87. The highest BCUT2D eigenvalue weighted by Crippen LogP contribution is 2.23. The Morgan fingerprint density at radius 3 is 2.57 bits per heavy atom. The number of carbonyl (C=O) groups excluding carboxylic acids is 1. The van der Waals surface area contributed by atoms with Crippen molar-refractivity contribution in [2.45, 2.75) is 32.4 Å². The fourth-order valence-electron chi connectivity index (χ4n) is 1.92. The van der Waals surface area contributed by atoms with Crippen LogP contribution in [0.5, 0.6) is 0 Å². The zero-order valence-electron chi connectivity index (χ0n) is 9.45. The van der Waals surface area contributed by atoms with Gasteiger partial charge in [0.2, 0.25) is 5.91 Å². The monoisotopic (exact) mass is 200 g/mol. The molecule has 0 aliphatic carbocycles. The van der Waals surface area contributed by atoms with Gasteiger partial charge >= 0.3 is 0 Å². The summed E-state index contributed by atoms with van der Waals surface area (Å²) in [6.45, 7) is 7.49. The minimum atomic E-state index is -0.376. The van der Waals surface area contributed by atoms with Gasteiger partial charge in [0.05, 0.1) is 6.61 Å². The Bertz CT molecular complexity index is 228. The molecule has 1 fully saturated rings. The molecule has 0 saturated carbocycles. The van der Waals surface area contributed by atoms with Crippen molar-refractivity contribution in [1.82, 2.24) is 9.80 Å². The summed E-state index contributed by atoms with van der Waals surface area (Å²) in [6.07, 6.45) is 0. The van der Waals surface area contributed by atoms with Crippen molar-refractivity contribution < 1.29 is 9.90 Å². The van der Waals surface area contributed by atoms with Gasteiger partial charge in [-0.3, -0.25) is 9.69 Å². The summed E-state index contributed by atoms with van der Waals surface area (Å²) in [7, 11) is 1.89. The molecule has 1 N–H and O–H groups in total. The predicted molar refractivity (Wildman–Crippen MR) is 55.0 cm³/mol. The maximum Gasteiger partial charge on any atom is 0.242 e. The molecule has 0 bridgehead atoms. The highest BCUT2D eigenvalue weighted by atomic mass is 16.3. The molecule has 1 amide bonds. The molecule has 1 unspecified atom stereocenters. The van der Waals surface area contributed by atoms with E-state index < -0.39 is 0 Å². The zero-order chi connectivity index (χ0) is 10.9. The molecule has 1 aliphatic heterocycles. The first-order valence-electron chi connectivity index (χ1n) is 5.06. The lowest BCUT2D eigenvalue weighted by atomic mass is 9.95. The van der Waals surface area contributed by atoms with Crippen molar-refractivity contribution in [3.05, 3.63) is 0 Å². The molecule has 0 aromatic rings. The maximum atomic E-state index is 11.8. The molecule has 4 nitrogen and oxygen atoms in total. The number of hydrogen-bond donors (Lipinski definition) is 1. The number of carbonyl (C=O) groups is 1. The van der Waals surface area contributed by atoms with Crippen LogP contribution in [0.3, 0.4) is 0 Å². The standard InChI is InChI=1S/C10H20N2O2/c1-5-12-7-10(2,3)11(4)8(6-13)9(12)14/h8,13H,5-7H2,1-4H3. The van der Waals surface area contributed by atoms with Crippen LogP contribution >= 0.6 is 0 Å². The number of hydrogen-bond acceptors (Lipinski definition) is 3. The first-order chi connectivity index (χ1) is 6.44. The van der Waals surface area contributed by atoms with Crippen molar-refractivity contribution in [2.75, 3.05) is 26.7 Å². The molecule has 1 saturated heterocycles. The van der Waals surface area contributed by atoms with Crippen LogP contribution in [0, 0.1) is 0 Å². The summed E-state index contributed by atoms with van der Waals surface area (Å²) in [6, 6.07) is -0.376. The van der Waals surface area contributed by atoms with Gasteiger partial charge in [0.15, 0.2) is 0 Å². The minimum absolute atomic E-state index is 0.0387. The molecule has 4 heteroatoms. The van der Waals surface area contributed by atoms with Crippen LogP contribution in [0.2, 0.25) is 0 Å². The average Bonchev–Trinajstić information content (AvgIpc) is 2.13. The Balaban J connectivity index is 2.89. The number of rotatable bonds is 2. The molecular formula is C10H20N2O2. The summed E-state index contributed by atoms with van der Waals surface area (Å²) >= 11 is 0. The number of amides is 1. The molecule has 1 aliphatic rings. The summed E-state index contributed by atoms with van der Waals surface area (Å²) in [5.74, 6) is 0.0387. The number of nitrogens with zero attached hydrogens (tertiary/aromatic N) is 2. The second-order valence-corrected chi connectivity index (χ2v) is 4.47. The molecule has 0 aromatic carbocycles. The van der Waals surface area contributed by atoms with Gasteiger partial charge in [-0.15, -0.1) is 0 Å². The maximum absolute atomic E-state index is 11.8. The van der Waals surface area contributed by atoms with Crippen LogP contribution in [-0.2, 0) is 4.79 Å². The second-order valence-electron chi connectivity index (χ2n) is 4.47. The van der Waals surface area contributed by atoms with Crippen LogP contribution in [-0.4, -0.2) is 59.1 Å². The summed E-state index contributed by atoms with van der Waals surface area (Å²) < 4.78 is 0. The lowest BCUT2D eigenvalue weighted by Gasteiger charge is -2.48. The van der Waals surface area contributed by atoms with Gasteiger partial charge < -0.3 is 10.0 Å². The lowest BCUT2D eigenvalue weighted by molar-refractivity contribution is -0.150. The molecule has 1 atom stereocenters. The molecule has 1 heterocycles. The van der Waals surface area contributed by atoms with E-state index in [1.807, 2.05) is 18.9 Å². The van der Waals surface area contributed by atoms with Gasteiger partial charge in [-0.05, 0) is 27.8 Å². The fourth-order valence-corrected chi connectivity index (χ4v) is 1.92. The van der Waals surface area contributed by atoms with Crippen molar-refractivity contribution in [2.24, 2.45) is 0 Å². The third kappa shape index (κ3) is 1.77. The zero-order valence-corrected chi connectivity index (χ0v) is 9.45. The van der Waals surface area contributed by atoms with Crippen LogP contribution in [0.4, 0.5) is 0 Å². The van der Waals surface area contributed by atoms with E-state index in [2.05, 4.69) is 13.8 Å². The Kier molecular flexibility index (Phi) is 3.17. The average molecular weight is 200 g/mol. The Labute approximate surface area is 85.5 Å². The number of aliphatic hydroxyl groups excluding tert-OH is 1.